The van der Waals surface area contributed by atoms with Crippen LogP contribution in [0.2, 0.25) is 0 Å². The fraction of sp³-hybridized carbons (Fsp3) is 0.429. The van der Waals surface area contributed by atoms with E-state index in [2.05, 4.69) is 0 Å². The topological polar surface area (TPSA) is 57.6 Å². The molecule has 1 aromatic rings. The van der Waals surface area contributed by atoms with Crippen LogP contribution in [0.15, 0.2) is 23.1 Å². The van der Waals surface area contributed by atoms with Gasteiger partial charge in [-0.25, -0.2) is 0 Å². The predicted molar refractivity (Wildman–Crippen MR) is 74.6 cm³/mol. The third kappa shape index (κ3) is 3.10. The van der Waals surface area contributed by atoms with Crippen LogP contribution in [-0.4, -0.2) is 41.2 Å². The van der Waals surface area contributed by atoms with Crippen molar-refractivity contribution < 1.29 is 14.7 Å². The minimum atomic E-state index is -0.794. The molecule has 1 saturated heterocycles. The molecule has 0 bridgehead atoms. The number of carbonyl (C=O) groups is 2. The van der Waals surface area contributed by atoms with E-state index >= 15 is 0 Å². The van der Waals surface area contributed by atoms with Gasteiger partial charge in [-0.3, -0.25) is 9.59 Å². The minimum absolute atomic E-state index is 0.00930. The lowest BCUT2D eigenvalue weighted by Crippen LogP contribution is -2.50. The van der Waals surface area contributed by atoms with Crippen LogP contribution in [0.3, 0.4) is 0 Å². The average Bonchev–Trinajstić information content (AvgIpc) is 2.33. The molecular weight excluding hydrogens is 262 g/mol. The third-order valence-corrected chi connectivity index (χ3v) is 4.11. The Morgan fingerprint density at radius 3 is 2.68 bits per heavy atom. The Kier molecular flexibility index (Phi) is 4.14. The Labute approximate surface area is 116 Å². The largest absolute Gasteiger partial charge is 0.481 e. The Bertz CT molecular complexity index is 509. The molecule has 0 atom stereocenters. The molecule has 0 unspecified atom stereocenters. The lowest BCUT2D eigenvalue weighted by atomic mass is 9.95. The molecule has 5 heteroatoms. The molecule has 1 amide bonds. The van der Waals surface area contributed by atoms with Crippen molar-refractivity contribution in [2.24, 2.45) is 5.92 Å². The molecule has 1 aromatic carbocycles. The summed E-state index contributed by atoms with van der Waals surface area (Å²) in [5.41, 5.74) is 1.69. The highest BCUT2D eigenvalue weighted by molar-refractivity contribution is 7.98. The molecule has 1 aliphatic heterocycles. The first kappa shape index (κ1) is 13.9. The molecule has 0 aliphatic carbocycles. The normalized spacial score (nSPS) is 15.2. The number of aliphatic carboxylic acids is 1. The summed E-state index contributed by atoms with van der Waals surface area (Å²) in [7, 11) is 0. The smallest absolute Gasteiger partial charge is 0.303 e. The van der Waals surface area contributed by atoms with Crippen molar-refractivity contribution in [3.05, 3.63) is 29.3 Å². The molecule has 102 valence electrons. The van der Waals surface area contributed by atoms with Crippen LogP contribution in [0.5, 0.6) is 0 Å². The van der Waals surface area contributed by atoms with E-state index in [9.17, 15) is 9.59 Å². The number of carboxylic acids is 1. The number of carboxylic acid groups (broad SMARTS) is 1. The molecular formula is C14H17NO3S. The lowest BCUT2D eigenvalue weighted by molar-refractivity contribution is -0.139. The molecule has 1 heterocycles. The van der Waals surface area contributed by atoms with Gasteiger partial charge in [-0.15, -0.1) is 11.8 Å². The highest BCUT2D eigenvalue weighted by atomic mass is 32.2. The Morgan fingerprint density at radius 1 is 1.42 bits per heavy atom. The number of nitrogens with zero attached hydrogens (tertiary/aromatic N) is 1. The first-order valence-corrected chi connectivity index (χ1v) is 7.39. The van der Waals surface area contributed by atoms with Gasteiger partial charge in [0.1, 0.15) is 0 Å². The Hall–Kier alpha value is -1.49. The highest BCUT2D eigenvalue weighted by Crippen LogP contribution is 2.25. The van der Waals surface area contributed by atoms with Crippen molar-refractivity contribution >= 4 is 23.6 Å². The molecule has 1 N–H and O–H groups in total. The highest BCUT2D eigenvalue weighted by Gasteiger charge is 2.33. The fourth-order valence-electron chi connectivity index (χ4n) is 2.24. The van der Waals surface area contributed by atoms with Crippen LogP contribution in [0.1, 0.15) is 22.3 Å². The van der Waals surface area contributed by atoms with Crippen molar-refractivity contribution in [1.82, 2.24) is 4.90 Å². The number of amides is 1. The number of thioether (sulfide) groups is 1. The van der Waals surface area contributed by atoms with Gasteiger partial charge in [0.15, 0.2) is 0 Å². The van der Waals surface area contributed by atoms with Crippen molar-refractivity contribution in [3.63, 3.8) is 0 Å². The van der Waals surface area contributed by atoms with Gasteiger partial charge < -0.3 is 10.0 Å². The van der Waals surface area contributed by atoms with Gasteiger partial charge in [0, 0.05) is 29.5 Å². The van der Waals surface area contributed by atoms with Gasteiger partial charge in [-0.2, -0.15) is 0 Å². The Balaban J connectivity index is 2.03. The first-order chi connectivity index (χ1) is 9.01. The maximum atomic E-state index is 12.3. The molecule has 0 spiro atoms. The van der Waals surface area contributed by atoms with Crippen molar-refractivity contribution in [1.29, 1.82) is 0 Å². The van der Waals surface area contributed by atoms with E-state index in [-0.39, 0.29) is 18.2 Å². The van der Waals surface area contributed by atoms with Gasteiger partial charge in [-0.05, 0) is 30.9 Å². The van der Waals surface area contributed by atoms with E-state index in [1.807, 2.05) is 31.4 Å². The first-order valence-electron chi connectivity index (χ1n) is 6.17. The monoisotopic (exact) mass is 279 g/mol. The summed E-state index contributed by atoms with van der Waals surface area (Å²) < 4.78 is 0. The van der Waals surface area contributed by atoms with Crippen molar-refractivity contribution in [3.8, 4) is 0 Å². The second-order valence-electron chi connectivity index (χ2n) is 4.85. The number of aryl methyl sites for hydroxylation is 1. The van der Waals surface area contributed by atoms with Crippen LogP contribution < -0.4 is 0 Å². The second kappa shape index (κ2) is 5.65. The molecule has 2 rings (SSSR count). The van der Waals surface area contributed by atoms with E-state index in [1.165, 1.54) is 0 Å². The van der Waals surface area contributed by atoms with Crippen LogP contribution >= 0.6 is 11.8 Å². The SMILES string of the molecule is CSc1ccc(C)c(C(=O)N2CC(CC(=O)O)C2)c1. The summed E-state index contributed by atoms with van der Waals surface area (Å²) in [6.45, 7) is 3.02. The summed E-state index contributed by atoms with van der Waals surface area (Å²) >= 11 is 1.61. The molecule has 0 aromatic heterocycles. The van der Waals surface area contributed by atoms with Crippen molar-refractivity contribution in [2.45, 2.75) is 18.2 Å². The third-order valence-electron chi connectivity index (χ3n) is 3.38. The molecule has 1 aliphatic rings. The van der Waals surface area contributed by atoms with Crippen LogP contribution in [-0.2, 0) is 4.79 Å². The van der Waals surface area contributed by atoms with E-state index < -0.39 is 5.97 Å². The maximum absolute atomic E-state index is 12.3. The summed E-state index contributed by atoms with van der Waals surface area (Å²) in [6.07, 6.45) is 2.12. The maximum Gasteiger partial charge on any atom is 0.303 e. The second-order valence-corrected chi connectivity index (χ2v) is 5.73. The zero-order chi connectivity index (χ0) is 14.0. The molecule has 1 fully saturated rings. The number of hydrogen-bond acceptors (Lipinski definition) is 3. The number of likely N-dealkylation sites (tertiary alicyclic amines) is 1. The zero-order valence-electron chi connectivity index (χ0n) is 11.0. The van der Waals surface area contributed by atoms with Gasteiger partial charge in [0.05, 0.1) is 6.42 Å². The quantitative estimate of drug-likeness (QED) is 0.859. The minimum Gasteiger partial charge on any atom is -0.481 e. The molecule has 0 saturated carbocycles. The standard InChI is InChI=1S/C14H17NO3S/c1-9-3-4-11(19-2)6-12(9)14(18)15-7-10(8-15)5-13(16)17/h3-4,6,10H,5,7-8H2,1-2H3,(H,16,17). The van der Waals surface area contributed by atoms with E-state index in [0.717, 1.165) is 16.0 Å². The van der Waals surface area contributed by atoms with Gasteiger partial charge >= 0.3 is 5.97 Å². The molecule has 0 radical (unpaired) electrons. The summed E-state index contributed by atoms with van der Waals surface area (Å²) in [4.78, 5) is 25.7. The zero-order valence-corrected chi connectivity index (χ0v) is 11.9. The molecule has 4 nitrogen and oxygen atoms in total. The van der Waals surface area contributed by atoms with E-state index in [1.54, 1.807) is 16.7 Å². The number of hydrogen-bond donors (Lipinski definition) is 1. The molecule has 19 heavy (non-hydrogen) atoms. The van der Waals surface area contributed by atoms with Crippen LogP contribution in [0, 0.1) is 12.8 Å². The summed E-state index contributed by atoms with van der Waals surface area (Å²) in [5.74, 6) is -0.682. The fourth-order valence-corrected chi connectivity index (χ4v) is 2.68. The van der Waals surface area contributed by atoms with Gasteiger partial charge in [0.2, 0.25) is 0 Å². The summed E-state index contributed by atoms with van der Waals surface area (Å²) in [5, 5.41) is 8.70. The number of rotatable bonds is 4. The van der Waals surface area contributed by atoms with Crippen molar-refractivity contribution in [2.75, 3.05) is 19.3 Å². The number of carbonyl (C=O) groups excluding carboxylic acids is 1. The van der Waals surface area contributed by atoms with Crippen LogP contribution in [0.25, 0.3) is 0 Å². The average molecular weight is 279 g/mol. The Morgan fingerprint density at radius 2 is 2.11 bits per heavy atom. The predicted octanol–water partition coefficient (Wildman–Crippen LogP) is 2.26. The summed E-state index contributed by atoms with van der Waals surface area (Å²) in [6, 6.07) is 5.86. The van der Waals surface area contributed by atoms with E-state index in [4.69, 9.17) is 5.11 Å². The van der Waals surface area contributed by atoms with Crippen LogP contribution in [0.4, 0.5) is 0 Å². The van der Waals surface area contributed by atoms with E-state index in [0.29, 0.717) is 13.1 Å². The number of benzene rings is 1. The lowest BCUT2D eigenvalue weighted by Gasteiger charge is -2.38. The van der Waals surface area contributed by atoms with Gasteiger partial charge in [0.25, 0.3) is 5.91 Å². The van der Waals surface area contributed by atoms with Gasteiger partial charge in [-0.1, -0.05) is 6.07 Å².